The van der Waals surface area contributed by atoms with Crippen LogP contribution < -0.4 is 5.32 Å². The Balaban J connectivity index is 2.51. The lowest BCUT2D eigenvalue weighted by Gasteiger charge is -2.20. The molecule has 1 aromatic heterocycles. The molecule has 1 N–H and O–H groups in total. The molecule has 9 nitrogen and oxygen atoms in total. The molecule has 2 aromatic rings. The van der Waals surface area contributed by atoms with Gasteiger partial charge in [0.15, 0.2) is 0 Å². The molecule has 9 heteroatoms. The number of pyridine rings is 1. The number of fused-ring (bicyclic) bond motifs is 1. The van der Waals surface area contributed by atoms with Crippen molar-refractivity contribution in [3.8, 4) is 0 Å². The van der Waals surface area contributed by atoms with Crippen molar-refractivity contribution in [2.24, 2.45) is 0 Å². The first kappa shape index (κ1) is 20.1. The summed E-state index contributed by atoms with van der Waals surface area (Å²) in [5.41, 5.74) is 0.745. The zero-order valence-corrected chi connectivity index (χ0v) is 15.5. The molecule has 27 heavy (non-hydrogen) atoms. The van der Waals surface area contributed by atoms with Crippen molar-refractivity contribution in [2.75, 3.05) is 31.6 Å². The van der Waals surface area contributed by atoms with Crippen molar-refractivity contribution in [2.45, 2.75) is 20.8 Å². The van der Waals surface area contributed by atoms with Crippen LogP contribution >= 0.6 is 0 Å². The molecule has 0 unspecified atom stereocenters. The number of non-ortho nitro benzene ring substituents is 1. The van der Waals surface area contributed by atoms with Crippen molar-refractivity contribution in [3.63, 3.8) is 0 Å². The standard InChI is InChI=1S/C18H22N4O5/c1-4-21(5-2)16(23)11-20-17-13-9-12(22(25)26)7-8-15(13)19-10-14(17)18(24)27-6-3/h7-10H,4-6,11H2,1-3H3,(H,19,20). The van der Waals surface area contributed by atoms with E-state index < -0.39 is 10.9 Å². The van der Waals surface area contributed by atoms with Gasteiger partial charge in [-0.15, -0.1) is 0 Å². The number of benzene rings is 1. The SMILES string of the molecule is CCOC(=O)c1cnc2ccc([N+](=O)[O-])cc2c1NCC(=O)N(CC)CC. The summed E-state index contributed by atoms with van der Waals surface area (Å²) in [4.78, 5) is 41.0. The molecule has 0 aliphatic heterocycles. The van der Waals surface area contributed by atoms with Gasteiger partial charge in [0.1, 0.15) is 5.56 Å². The minimum atomic E-state index is -0.615. The fourth-order valence-corrected chi connectivity index (χ4v) is 2.70. The van der Waals surface area contributed by atoms with Crippen LogP contribution in [0.4, 0.5) is 11.4 Å². The third-order valence-electron chi connectivity index (χ3n) is 4.09. The summed E-state index contributed by atoms with van der Waals surface area (Å²) in [5.74, 6) is -0.763. The van der Waals surface area contributed by atoms with Gasteiger partial charge in [-0.25, -0.2) is 4.79 Å². The topological polar surface area (TPSA) is 115 Å². The van der Waals surface area contributed by atoms with Gasteiger partial charge >= 0.3 is 5.97 Å². The maximum Gasteiger partial charge on any atom is 0.341 e. The number of nitrogens with one attached hydrogen (secondary N) is 1. The van der Waals surface area contributed by atoms with Gasteiger partial charge < -0.3 is 15.0 Å². The molecule has 0 radical (unpaired) electrons. The van der Waals surface area contributed by atoms with Gasteiger partial charge in [-0.1, -0.05) is 0 Å². The Morgan fingerprint density at radius 2 is 1.96 bits per heavy atom. The second-order valence-electron chi connectivity index (χ2n) is 5.65. The van der Waals surface area contributed by atoms with E-state index in [9.17, 15) is 19.7 Å². The summed E-state index contributed by atoms with van der Waals surface area (Å²) in [7, 11) is 0. The molecule has 0 bridgehead atoms. The molecular weight excluding hydrogens is 352 g/mol. The molecule has 0 saturated carbocycles. The number of ether oxygens (including phenoxy) is 1. The first-order valence-corrected chi connectivity index (χ1v) is 8.68. The molecule has 1 aromatic carbocycles. The number of esters is 1. The van der Waals surface area contributed by atoms with Crippen LogP contribution in [-0.4, -0.2) is 52.9 Å². The van der Waals surface area contributed by atoms with E-state index in [1.54, 1.807) is 11.8 Å². The quantitative estimate of drug-likeness (QED) is 0.429. The van der Waals surface area contributed by atoms with Crippen LogP contribution in [-0.2, 0) is 9.53 Å². The highest BCUT2D eigenvalue weighted by atomic mass is 16.6. The van der Waals surface area contributed by atoms with Gasteiger partial charge in [0, 0.05) is 36.8 Å². The molecule has 2 rings (SSSR count). The number of nitro benzene ring substituents is 1. The maximum absolute atomic E-state index is 12.3. The Bertz CT molecular complexity index is 864. The van der Waals surface area contributed by atoms with Gasteiger partial charge in [0.2, 0.25) is 5.91 Å². The number of aromatic nitrogens is 1. The number of amides is 1. The lowest BCUT2D eigenvalue weighted by molar-refractivity contribution is -0.384. The lowest BCUT2D eigenvalue weighted by atomic mass is 10.1. The highest BCUT2D eigenvalue weighted by Crippen LogP contribution is 2.29. The van der Waals surface area contributed by atoms with Crippen LogP contribution in [0.2, 0.25) is 0 Å². The first-order chi connectivity index (χ1) is 12.9. The van der Waals surface area contributed by atoms with Crippen LogP contribution in [0.3, 0.4) is 0 Å². The van der Waals surface area contributed by atoms with Gasteiger partial charge in [-0.3, -0.25) is 19.9 Å². The number of anilines is 1. The third-order valence-corrected chi connectivity index (χ3v) is 4.09. The molecule has 0 saturated heterocycles. The van der Waals surface area contributed by atoms with Crippen molar-refractivity contribution in [1.29, 1.82) is 0 Å². The molecule has 0 atom stereocenters. The van der Waals surface area contributed by atoms with Crippen molar-refractivity contribution in [3.05, 3.63) is 40.1 Å². The van der Waals surface area contributed by atoms with Gasteiger partial charge in [0.25, 0.3) is 5.69 Å². The molecule has 0 fully saturated rings. The predicted molar refractivity (Wildman–Crippen MR) is 101 cm³/mol. The summed E-state index contributed by atoms with van der Waals surface area (Å²) >= 11 is 0. The average molecular weight is 374 g/mol. The molecule has 1 amide bonds. The number of carbonyl (C=O) groups is 2. The molecule has 0 spiro atoms. The van der Waals surface area contributed by atoms with E-state index in [0.29, 0.717) is 29.7 Å². The van der Waals surface area contributed by atoms with Gasteiger partial charge in [-0.05, 0) is 26.8 Å². The fourth-order valence-electron chi connectivity index (χ4n) is 2.70. The lowest BCUT2D eigenvalue weighted by Crippen LogP contribution is -2.35. The zero-order valence-electron chi connectivity index (χ0n) is 15.5. The number of carbonyl (C=O) groups excluding carboxylic acids is 2. The van der Waals surface area contributed by atoms with E-state index in [-0.39, 0.29) is 30.3 Å². The van der Waals surface area contributed by atoms with E-state index in [4.69, 9.17) is 4.74 Å². The van der Waals surface area contributed by atoms with E-state index in [1.807, 2.05) is 13.8 Å². The maximum atomic E-state index is 12.3. The summed E-state index contributed by atoms with van der Waals surface area (Å²) in [6, 6.07) is 4.17. The fraction of sp³-hybridized carbons (Fsp3) is 0.389. The summed E-state index contributed by atoms with van der Waals surface area (Å²) in [6.07, 6.45) is 1.34. The molecule has 0 aliphatic rings. The number of rotatable bonds is 8. The van der Waals surface area contributed by atoms with Crippen LogP contribution in [0.15, 0.2) is 24.4 Å². The zero-order chi connectivity index (χ0) is 20.0. The highest BCUT2D eigenvalue weighted by molar-refractivity contribution is 6.06. The number of hydrogen-bond donors (Lipinski definition) is 1. The smallest absolute Gasteiger partial charge is 0.341 e. The number of hydrogen-bond acceptors (Lipinski definition) is 7. The van der Waals surface area contributed by atoms with E-state index in [1.165, 1.54) is 24.4 Å². The molecular formula is C18H22N4O5. The predicted octanol–water partition coefficient (Wildman–Crippen LogP) is 2.60. The normalized spacial score (nSPS) is 10.5. The molecule has 144 valence electrons. The second kappa shape index (κ2) is 8.93. The Kier molecular flexibility index (Phi) is 6.64. The van der Waals surface area contributed by atoms with Crippen LogP contribution in [0.1, 0.15) is 31.1 Å². The average Bonchev–Trinajstić information content (AvgIpc) is 2.66. The van der Waals surface area contributed by atoms with Crippen molar-refractivity contribution in [1.82, 2.24) is 9.88 Å². The van der Waals surface area contributed by atoms with Crippen LogP contribution in [0, 0.1) is 10.1 Å². The van der Waals surface area contributed by atoms with E-state index in [0.717, 1.165) is 0 Å². The Hall–Kier alpha value is -3.23. The van der Waals surface area contributed by atoms with Crippen LogP contribution in [0.5, 0.6) is 0 Å². The Morgan fingerprint density at radius 1 is 1.26 bits per heavy atom. The van der Waals surface area contributed by atoms with Gasteiger partial charge in [-0.2, -0.15) is 0 Å². The number of nitrogens with zero attached hydrogens (tertiary/aromatic N) is 3. The first-order valence-electron chi connectivity index (χ1n) is 8.68. The minimum Gasteiger partial charge on any atom is -0.462 e. The summed E-state index contributed by atoms with van der Waals surface area (Å²) in [6.45, 7) is 6.65. The van der Waals surface area contributed by atoms with E-state index in [2.05, 4.69) is 10.3 Å². The molecule has 1 heterocycles. The van der Waals surface area contributed by atoms with Crippen molar-refractivity contribution < 1.29 is 19.2 Å². The second-order valence-corrected chi connectivity index (χ2v) is 5.65. The third kappa shape index (κ3) is 4.49. The summed E-state index contributed by atoms with van der Waals surface area (Å²) < 4.78 is 5.04. The summed E-state index contributed by atoms with van der Waals surface area (Å²) in [5, 5.41) is 14.5. The highest BCUT2D eigenvalue weighted by Gasteiger charge is 2.20. The Morgan fingerprint density at radius 3 is 2.56 bits per heavy atom. The van der Waals surface area contributed by atoms with Crippen molar-refractivity contribution >= 4 is 34.2 Å². The van der Waals surface area contributed by atoms with Gasteiger partial charge in [0.05, 0.1) is 29.3 Å². The minimum absolute atomic E-state index is 0.0596. The van der Waals surface area contributed by atoms with Crippen LogP contribution in [0.25, 0.3) is 10.9 Å². The Labute approximate surface area is 156 Å². The monoisotopic (exact) mass is 374 g/mol. The number of likely N-dealkylation sites (N-methyl/N-ethyl adjacent to an activating group) is 1. The van der Waals surface area contributed by atoms with E-state index >= 15 is 0 Å². The largest absolute Gasteiger partial charge is 0.462 e. The number of nitro groups is 1. The molecule has 0 aliphatic carbocycles.